The van der Waals surface area contributed by atoms with Crippen LogP contribution in [0.3, 0.4) is 0 Å². The molecule has 0 saturated heterocycles. The van der Waals surface area contributed by atoms with Gasteiger partial charge in [-0.3, -0.25) is 4.79 Å². The molecule has 1 atom stereocenters. The molecular weight excluding hydrogens is 404 g/mol. The summed E-state index contributed by atoms with van der Waals surface area (Å²) in [6, 6.07) is 8.57. The molecule has 3 rings (SSSR count). The van der Waals surface area contributed by atoms with Crippen molar-refractivity contribution in [2.75, 3.05) is 0 Å². The van der Waals surface area contributed by atoms with Crippen molar-refractivity contribution in [3.8, 4) is 0 Å². The topological polar surface area (TPSA) is 82.2 Å². The van der Waals surface area contributed by atoms with Gasteiger partial charge in [-0.25, -0.2) is 9.18 Å². The van der Waals surface area contributed by atoms with Crippen molar-refractivity contribution in [1.29, 1.82) is 0 Å². The predicted molar refractivity (Wildman–Crippen MR) is 102 cm³/mol. The van der Waals surface area contributed by atoms with E-state index < -0.39 is 42.8 Å². The molecule has 0 saturated carbocycles. The Kier molecular flexibility index (Phi) is 6.09. The van der Waals surface area contributed by atoms with Crippen LogP contribution in [0.2, 0.25) is 0 Å². The largest absolute Gasteiger partial charge is 0.480 e. The molecule has 0 radical (unpaired) electrons. The molecule has 3 N–H and O–H groups in total. The van der Waals surface area contributed by atoms with Crippen molar-refractivity contribution in [2.45, 2.75) is 31.7 Å². The van der Waals surface area contributed by atoms with Crippen LogP contribution in [0.4, 0.5) is 17.6 Å². The fraction of sp³-hybridized carbons (Fsp3) is 0.238. The molecule has 3 aromatic rings. The van der Waals surface area contributed by atoms with Crippen LogP contribution >= 0.6 is 0 Å². The minimum absolute atomic E-state index is 0.0105. The molecule has 0 bridgehead atoms. The zero-order valence-electron chi connectivity index (χ0n) is 15.6. The number of aliphatic carboxylic acids is 1. The monoisotopic (exact) mass is 422 g/mol. The number of aromatic nitrogens is 1. The van der Waals surface area contributed by atoms with Crippen LogP contribution in [0.25, 0.3) is 10.9 Å². The molecule has 0 aliphatic rings. The first-order chi connectivity index (χ1) is 14.2. The van der Waals surface area contributed by atoms with Gasteiger partial charge in [0.25, 0.3) is 0 Å². The first-order valence-electron chi connectivity index (χ1n) is 9.00. The fourth-order valence-corrected chi connectivity index (χ4v) is 3.26. The van der Waals surface area contributed by atoms with Gasteiger partial charge in [0.05, 0.1) is 12.0 Å². The SMILES string of the molecule is O=C(Cc1cc(CF)cc(C(F)(F)F)c1)N[C@H](Cc1c[nH]c2ccccc12)C(=O)O. The van der Waals surface area contributed by atoms with E-state index >= 15 is 0 Å². The van der Waals surface area contributed by atoms with Gasteiger partial charge in [-0.1, -0.05) is 24.3 Å². The molecule has 158 valence electrons. The lowest BCUT2D eigenvalue weighted by Crippen LogP contribution is -2.43. The first kappa shape index (κ1) is 21.4. The number of carbonyl (C=O) groups is 2. The molecule has 0 spiro atoms. The maximum Gasteiger partial charge on any atom is 0.416 e. The Morgan fingerprint density at radius 3 is 2.47 bits per heavy atom. The molecule has 1 amide bonds. The van der Waals surface area contributed by atoms with Gasteiger partial charge in [0.1, 0.15) is 12.7 Å². The van der Waals surface area contributed by atoms with E-state index in [9.17, 15) is 32.3 Å². The number of carboxylic acid groups (broad SMARTS) is 1. The number of fused-ring (bicyclic) bond motifs is 1. The maximum atomic E-state index is 13.0. The molecule has 9 heteroatoms. The van der Waals surface area contributed by atoms with Crippen LogP contribution in [-0.2, 0) is 35.3 Å². The standard InChI is InChI=1S/C21H18F4N2O3/c22-10-13-5-12(6-15(7-13)21(23,24)25)8-19(28)27-18(20(29)30)9-14-11-26-17-4-2-1-3-16(14)17/h1-7,11,18,26H,8-10H2,(H,27,28)(H,29,30)/t18-/m1/s1. The van der Waals surface area contributed by atoms with Crippen molar-refractivity contribution in [2.24, 2.45) is 0 Å². The smallest absolute Gasteiger partial charge is 0.416 e. The van der Waals surface area contributed by atoms with E-state index in [1.54, 1.807) is 12.3 Å². The molecule has 1 aromatic heterocycles. The van der Waals surface area contributed by atoms with Crippen LogP contribution in [0.1, 0.15) is 22.3 Å². The normalized spacial score (nSPS) is 12.7. The van der Waals surface area contributed by atoms with Crippen LogP contribution in [-0.4, -0.2) is 28.0 Å². The molecule has 30 heavy (non-hydrogen) atoms. The summed E-state index contributed by atoms with van der Waals surface area (Å²) in [6.45, 7) is -1.11. The van der Waals surface area contributed by atoms with Crippen LogP contribution in [0.15, 0.2) is 48.7 Å². The van der Waals surface area contributed by atoms with E-state index in [-0.39, 0.29) is 17.5 Å². The third-order valence-electron chi connectivity index (χ3n) is 4.63. The van der Waals surface area contributed by atoms with Crippen molar-refractivity contribution in [3.05, 3.63) is 70.9 Å². The number of H-pyrrole nitrogens is 1. The summed E-state index contributed by atoms with van der Waals surface area (Å²) >= 11 is 0. The second-order valence-electron chi connectivity index (χ2n) is 6.87. The van der Waals surface area contributed by atoms with E-state index in [0.29, 0.717) is 11.6 Å². The third-order valence-corrected chi connectivity index (χ3v) is 4.63. The average Bonchev–Trinajstić information content (AvgIpc) is 3.09. The number of rotatable bonds is 7. The number of nitrogens with one attached hydrogen (secondary N) is 2. The number of alkyl halides is 4. The molecule has 2 aromatic carbocycles. The lowest BCUT2D eigenvalue weighted by molar-refractivity contribution is -0.141. The van der Waals surface area contributed by atoms with Crippen LogP contribution in [0.5, 0.6) is 0 Å². The molecule has 0 aliphatic carbocycles. The number of hydrogen-bond donors (Lipinski definition) is 3. The highest BCUT2D eigenvalue weighted by atomic mass is 19.4. The third kappa shape index (κ3) is 4.97. The van der Waals surface area contributed by atoms with Gasteiger partial charge >= 0.3 is 12.1 Å². The summed E-state index contributed by atoms with van der Waals surface area (Å²) in [6.07, 6.45) is -3.56. The van der Waals surface area contributed by atoms with E-state index in [1.807, 2.05) is 18.2 Å². The van der Waals surface area contributed by atoms with E-state index in [1.165, 1.54) is 0 Å². The van der Waals surface area contributed by atoms with Gasteiger partial charge < -0.3 is 15.4 Å². The Morgan fingerprint density at radius 1 is 1.10 bits per heavy atom. The van der Waals surface area contributed by atoms with Crippen molar-refractivity contribution in [1.82, 2.24) is 10.3 Å². The minimum Gasteiger partial charge on any atom is -0.480 e. The number of benzene rings is 2. The summed E-state index contributed by atoms with van der Waals surface area (Å²) in [5.74, 6) is -2.05. The summed E-state index contributed by atoms with van der Waals surface area (Å²) in [5.41, 5.74) is 0.171. The summed E-state index contributed by atoms with van der Waals surface area (Å²) in [5, 5.41) is 12.6. The summed E-state index contributed by atoms with van der Waals surface area (Å²) < 4.78 is 51.8. The minimum atomic E-state index is -4.69. The Balaban J connectivity index is 1.75. The molecule has 0 fully saturated rings. The number of halogens is 4. The highest BCUT2D eigenvalue weighted by Gasteiger charge is 2.31. The van der Waals surface area contributed by atoms with Crippen molar-refractivity contribution >= 4 is 22.8 Å². The second-order valence-corrected chi connectivity index (χ2v) is 6.87. The van der Waals surface area contributed by atoms with Crippen LogP contribution < -0.4 is 5.32 Å². The number of aromatic amines is 1. The number of amides is 1. The van der Waals surface area contributed by atoms with Gasteiger partial charge in [0.2, 0.25) is 5.91 Å². The first-order valence-corrected chi connectivity index (χ1v) is 9.00. The van der Waals surface area contributed by atoms with Crippen molar-refractivity contribution < 1.29 is 32.3 Å². The maximum absolute atomic E-state index is 13.0. The molecule has 5 nitrogen and oxygen atoms in total. The molecule has 1 heterocycles. The number of para-hydroxylation sites is 1. The van der Waals surface area contributed by atoms with Gasteiger partial charge in [-0.05, 0) is 34.9 Å². The quantitative estimate of drug-likeness (QED) is 0.503. The van der Waals surface area contributed by atoms with E-state index in [4.69, 9.17) is 0 Å². The van der Waals surface area contributed by atoms with E-state index in [0.717, 1.165) is 23.0 Å². The van der Waals surface area contributed by atoms with Gasteiger partial charge in [0, 0.05) is 23.5 Å². The Bertz CT molecular complexity index is 1080. The molecule has 0 unspecified atom stereocenters. The van der Waals surface area contributed by atoms with Crippen molar-refractivity contribution in [3.63, 3.8) is 0 Å². The Labute approximate surface area is 168 Å². The number of hydrogen-bond acceptors (Lipinski definition) is 2. The zero-order valence-corrected chi connectivity index (χ0v) is 15.6. The lowest BCUT2D eigenvalue weighted by atomic mass is 10.0. The lowest BCUT2D eigenvalue weighted by Gasteiger charge is -2.15. The summed E-state index contributed by atoms with van der Waals surface area (Å²) in [7, 11) is 0. The van der Waals surface area contributed by atoms with Gasteiger partial charge in [0.15, 0.2) is 0 Å². The Morgan fingerprint density at radius 2 is 1.80 bits per heavy atom. The highest BCUT2D eigenvalue weighted by molar-refractivity contribution is 5.87. The van der Waals surface area contributed by atoms with Crippen LogP contribution in [0, 0.1) is 0 Å². The average molecular weight is 422 g/mol. The second kappa shape index (κ2) is 8.56. The fourth-order valence-electron chi connectivity index (χ4n) is 3.26. The van der Waals surface area contributed by atoms with Gasteiger partial charge in [-0.2, -0.15) is 13.2 Å². The Hall–Kier alpha value is -3.36. The molecule has 0 aliphatic heterocycles. The predicted octanol–water partition coefficient (Wildman–Crippen LogP) is 4.01. The number of carboxylic acids is 1. The van der Waals surface area contributed by atoms with Gasteiger partial charge in [-0.15, -0.1) is 0 Å². The number of carbonyl (C=O) groups excluding carboxylic acids is 1. The highest BCUT2D eigenvalue weighted by Crippen LogP contribution is 2.31. The summed E-state index contributed by atoms with van der Waals surface area (Å²) in [4.78, 5) is 26.9. The zero-order chi connectivity index (χ0) is 21.9. The van der Waals surface area contributed by atoms with E-state index in [2.05, 4.69) is 10.3 Å². The molecular formula is C21H18F4N2O3.